The van der Waals surface area contributed by atoms with E-state index in [2.05, 4.69) is 36.3 Å². The SMILES string of the molecule is [2H]C([2H])([2H])NC(=O)c1nnc(NC(=O)C2CC2)cc1Nc1cccc(-c2nc([C@H](NC(=O)COC)[C@H](C)O)no2)c1OC. The van der Waals surface area contributed by atoms with Crippen LogP contribution in [-0.4, -0.2) is 77.1 Å². The van der Waals surface area contributed by atoms with Crippen LogP contribution in [0.2, 0.25) is 0 Å². The molecule has 2 aromatic heterocycles. The lowest BCUT2D eigenvalue weighted by Gasteiger charge is -2.17. The van der Waals surface area contributed by atoms with E-state index in [0.29, 0.717) is 5.56 Å². The summed E-state index contributed by atoms with van der Waals surface area (Å²) in [6, 6.07) is 5.16. The van der Waals surface area contributed by atoms with Gasteiger partial charge < -0.3 is 40.4 Å². The Kier molecular flexibility index (Phi) is 7.62. The van der Waals surface area contributed by atoms with Gasteiger partial charge in [-0.2, -0.15) is 4.98 Å². The van der Waals surface area contributed by atoms with E-state index in [1.165, 1.54) is 27.2 Å². The molecule has 212 valence electrons. The second-order valence-electron chi connectivity index (χ2n) is 8.90. The number of aliphatic hydroxyl groups is 1. The van der Waals surface area contributed by atoms with Crippen molar-refractivity contribution in [1.29, 1.82) is 0 Å². The van der Waals surface area contributed by atoms with E-state index in [4.69, 9.17) is 18.1 Å². The number of nitrogens with one attached hydrogen (secondary N) is 4. The minimum absolute atomic E-state index is 0.00660. The van der Waals surface area contributed by atoms with Gasteiger partial charge in [0.2, 0.25) is 11.8 Å². The van der Waals surface area contributed by atoms with Crippen molar-refractivity contribution in [2.45, 2.75) is 31.9 Å². The van der Waals surface area contributed by atoms with Crippen LogP contribution in [0.5, 0.6) is 5.75 Å². The van der Waals surface area contributed by atoms with Crippen molar-refractivity contribution in [1.82, 2.24) is 31.0 Å². The number of methoxy groups -OCH3 is 2. The Morgan fingerprint density at radius 3 is 2.70 bits per heavy atom. The fourth-order valence-electron chi connectivity index (χ4n) is 3.74. The number of benzene rings is 1. The predicted molar refractivity (Wildman–Crippen MR) is 141 cm³/mol. The van der Waals surface area contributed by atoms with Gasteiger partial charge in [-0.3, -0.25) is 14.4 Å². The quantitative estimate of drug-likeness (QED) is 0.213. The van der Waals surface area contributed by atoms with Gasteiger partial charge in [-0.05, 0) is 31.9 Å². The van der Waals surface area contributed by atoms with Gasteiger partial charge in [0, 0.05) is 30.2 Å². The molecule has 2 atom stereocenters. The summed E-state index contributed by atoms with van der Waals surface area (Å²) in [6.45, 7) is -1.59. The molecule has 3 aromatic rings. The smallest absolute Gasteiger partial charge is 0.273 e. The Labute approximate surface area is 233 Å². The molecule has 15 heteroatoms. The summed E-state index contributed by atoms with van der Waals surface area (Å²) in [5.41, 5.74) is 0.228. The van der Waals surface area contributed by atoms with Crippen LogP contribution in [-0.2, 0) is 14.3 Å². The number of carbonyl (C=O) groups excluding carboxylic acids is 3. The summed E-state index contributed by atoms with van der Waals surface area (Å²) in [5, 5.41) is 31.9. The molecule has 15 nitrogen and oxygen atoms in total. The number of aliphatic hydroxyl groups excluding tert-OH is 1. The maximum absolute atomic E-state index is 12.8. The molecule has 0 saturated heterocycles. The molecule has 1 aliphatic carbocycles. The topological polar surface area (TPSA) is 203 Å². The molecule has 1 aliphatic rings. The summed E-state index contributed by atoms with van der Waals surface area (Å²) in [6.07, 6.45) is 0.430. The maximum atomic E-state index is 12.8. The Morgan fingerprint density at radius 1 is 1.23 bits per heavy atom. The molecule has 0 unspecified atom stereocenters. The van der Waals surface area contributed by atoms with E-state index in [-0.39, 0.29) is 58.8 Å². The second-order valence-corrected chi connectivity index (χ2v) is 8.90. The molecule has 40 heavy (non-hydrogen) atoms. The van der Waals surface area contributed by atoms with Gasteiger partial charge >= 0.3 is 0 Å². The van der Waals surface area contributed by atoms with Gasteiger partial charge in [0.15, 0.2) is 23.1 Å². The lowest BCUT2D eigenvalue weighted by Crippen LogP contribution is -2.37. The van der Waals surface area contributed by atoms with Gasteiger partial charge in [-0.1, -0.05) is 11.2 Å². The van der Waals surface area contributed by atoms with Gasteiger partial charge in [0.1, 0.15) is 12.6 Å². The first-order valence-corrected chi connectivity index (χ1v) is 12.2. The van der Waals surface area contributed by atoms with Crippen molar-refractivity contribution in [3.8, 4) is 17.2 Å². The van der Waals surface area contributed by atoms with Crippen LogP contribution in [0.25, 0.3) is 11.5 Å². The number of nitrogens with zero attached hydrogens (tertiary/aromatic N) is 4. The molecule has 1 aromatic carbocycles. The molecule has 0 bridgehead atoms. The molecule has 3 amide bonds. The normalized spacial score (nSPS) is 15.6. The highest BCUT2D eigenvalue weighted by Crippen LogP contribution is 2.38. The van der Waals surface area contributed by atoms with Crippen LogP contribution in [0.3, 0.4) is 0 Å². The highest BCUT2D eigenvalue weighted by atomic mass is 16.5. The summed E-state index contributed by atoms with van der Waals surface area (Å²) in [4.78, 5) is 41.5. The van der Waals surface area contributed by atoms with E-state index < -0.39 is 30.9 Å². The fourth-order valence-corrected chi connectivity index (χ4v) is 3.74. The molecule has 1 fully saturated rings. The van der Waals surface area contributed by atoms with Crippen LogP contribution in [0.1, 0.15) is 46.2 Å². The van der Waals surface area contributed by atoms with E-state index in [9.17, 15) is 19.5 Å². The zero-order valence-electron chi connectivity index (χ0n) is 24.8. The Morgan fingerprint density at radius 2 is 2.02 bits per heavy atom. The van der Waals surface area contributed by atoms with Crippen molar-refractivity contribution in [2.75, 3.05) is 38.4 Å². The number of aromatic nitrogens is 4. The van der Waals surface area contributed by atoms with Crippen LogP contribution >= 0.6 is 0 Å². The van der Waals surface area contributed by atoms with Gasteiger partial charge in [0.05, 0.1) is 30.2 Å². The first-order chi connectivity index (χ1) is 20.4. The number of hydrogen-bond donors (Lipinski definition) is 5. The Bertz CT molecular complexity index is 1490. The zero-order valence-corrected chi connectivity index (χ0v) is 21.8. The lowest BCUT2D eigenvalue weighted by atomic mass is 10.1. The van der Waals surface area contributed by atoms with Crippen LogP contribution in [0.4, 0.5) is 17.2 Å². The second kappa shape index (κ2) is 12.5. The van der Waals surface area contributed by atoms with Crippen molar-refractivity contribution >= 4 is 34.9 Å². The van der Waals surface area contributed by atoms with Gasteiger partial charge in [-0.15, -0.1) is 10.2 Å². The average molecular weight is 558 g/mol. The third kappa shape index (κ3) is 6.50. The summed E-state index contributed by atoms with van der Waals surface area (Å²) in [5.74, 6) is -1.72. The largest absolute Gasteiger partial charge is 0.494 e. The average Bonchev–Trinajstić information content (AvgIpc) is 3.68. The van der Waals surface area contributed by atoms with Gasteiger partial charge in [-0.25, -0.2) is 0 Å². The van der Waals surface area contributed by atoms with Crippen molar-refractivity contribution in [2.24, 2.45) is 5.92 Å². The van der Waals surface area contributed by atoms with Gasteiger partial charge in [0.25, 0.3) is 11.8 Å². The minimum atomic E-state index is -2.80. The summed E-state index contributed by atoms with van der Waals surface area (Å²) in [7, 11) is 2.73. The number of amides is 3. The van der Waals surface area contributed by atoms with E-state index in [0.717, 1.165) is 12.8 Å². The molecule has 0 aliphatic heterocycles. The number of hydrogen-bond acceptors (Lipinski definition) is 12. The Balaban J connectivity index is 1.68. The molecule has 0 spiro atoms. The molecule has 4 rings (SSSR count). The van der Waals surface area contributed by atoms with E-state index in [1.807, 2.05) is 5.32 Å². The van der Waals surface area contributed by atoms with Crippen molar-refractivity contribution < 1.29 is 37.6 Å². The standard InChI is InChI=1S/C25H30N8O7/c1-12(34)19(29-18(35)11-38-3)22-30-25(40-33-22)14-6-5-7-15(21(14)39-4)27-16-10-17(28-23(36)13-8-9-13)31-32-20(16)24(37)26-2/h5-7,10,12-13,19,34H,8-9,11H2,1-4H3,(H,26,37)(H,29,35)(H2,27,28,31,36)/t12-,19+/m0/s1/i2D3. The minimum Gasteiger partial charge on any atom is -0.494 e. The zero-order chi connectivity index (χ0) is 31.3. The number of carbonyl (C=O) groups is 3. The monoisotopic (exact) mass is 557 g/mol. The van der Waals surface area contributed by atoms with Crippen molar-refractivity contribution in [3.63, 3.8) is 0 Å². The maximum Gasteiger partial charge on any atom is 0.273 e. The third-order valence-electron chi connectivity index (χ3n) is 5.84. The molecule has 1 saturated carbocycles. The Hall–Kier alpha value is -4.63. The van der Waals surface area contributed by atoms with E-state index in [1.54, 1.807) is 18.2 Å². The number of para-hydroxylation sites is 1. The first-order valence-electron chi connectivity index (χ1n) is 13.7. The highest BCUT2D eigenvalue weighted by molar-refractivity contribution is 6.00. The summed E-state index contributed by atoms with van der Waals surface area (Å²) < 4.78 is 38.0. The highest BCUT2D eigenvalue weighted by Gasteiger charge is 2.30. The third-order valence-corrected chi connectivity index (χ3v) is 5.84. The van der Waals surface area contributed by atoms with Crippen molar-refractivity contribution in [3.05, 3.63) is 35.8 Å². The summed E-state index contributed by atoms with van der Waals surface area (Å²) >= 11 is 0. The fraction of sp³-hybridized carbons (Fsp3) is 0.400. The van der Waals surface area contributed by atoms with Crippen LogP contribution in [0.15, 0.2) is 28.8 Å². The molecular formula is C25H30N8O7. The first kappa shape index (κ1) is 24.4. The number of anilines is 3. The molecule has 2 heterocycles. The number of ether oxygens (including phenoxy) is 2. The molecule has 0 radical (unpaired) electrons. The van der Waals surface area contributed by atoms with Crippen LogP contribution in [0, 0.1) is 5.92 Å². The lowest BCUT2D eigenvalue weighted by molar-refractivity contribution is -0.126. The van der Waals surface area contributed by atoms with E-state index >= 15 is 0 Å². The molecular weight excluding hydrogens is 524 g/mol. The van der Waals surface area contributed by atoms with Crippen LogP contribution < -0.4 is 26.0 Å². The molecule has 5 N–H and O–H groups in total. The predicted octanol–water partition coefficient (Wildman–Crippen LogP) is 1.17. The number of rotatable bonds is 12.